The van der Waals surface area contributed by atoms with Crippen LogP contribution in [0.2, 0.25) is 5.02 Å². The molecule has 2 aliphatic heterocycles. The van der Waals surface area contributed by atoms with E-state index >= 15 is 0 Å². The molecule has 39 heavy (non-hydrogen) atoms. The monoisotopic (exact) mass is 556 g/mol. The van der Waals surface area contributed by atoms with Crippen molar-refractivity contribution in [1.29, 1.82) is 0 Å². The number of carbonyl (C=O) groups is 2. The van der Waals surface area contributed by atoms with E-state index in [4.69, 9.17) is 25.8 Å². The van der Waals surface area contributed by atoms with Crippen molar-refractivity contribution in [3.05, 3.63) is 64.2 Å². The quantitative estimate of drug-likeness (QED) is 0.169. The number of Topliss-reactive ketones (excluding diaryl/α,β-unsaturated/α-hetero) is 1. The second-order valence-corrected chi connectivity index (χ2v) is 10.1. The number of hydrogen-bond acceptors (Lipinski definition) is 7. The molecular formula is C30H37ClN2O6. The first kappa shape index (κ1) is 28.9. The lowest BCUT2D eigenvalue weighted by atomic mass is 9.95. The van der Waals surface area contributed by atoms with Gasteiger partial charge in [0.2, 0.25) is 0 Å². The number of benzene rings is 2. The maximum absolute atomic E-state index is 13.4. The molecule has 2 saturated heterocycles. The summed E-state index contributed by atoms with van der Waals surface area (Å²) in [4.78, 5) is 30.6. The Morgan fingerprint density at radius 3 is 2.44 bits per heavy atom. The van der Waals surface area contributed by atoms with E-state index < -0.39 is 17.7 Å². The molecular weight excluding hydrogens is 520 g/mol. The van der Waals surface area contributed by atoms with Crippen molar-refractivity contribution in [3.63, 3.8) is 0 Å². The number of morpholine rings is 1. The van der Waals surface area contributed by atoms with Crippen LogP contribution in [0.5, 0.6) is 11.5 Å². The van der Waals surface area contributed by atoms with E-state index in [0.717, 1.165) is 32.5 Å². The molecule has 2 heterocycles. The second kappa shape index (κ2) is 13.8. The minimum Gasteiger partial charge on any atom is -0.507 e. The highest BCUT2D eigenvalue weighted by atomic mass is 35.5. The van der Waals surface area contributed by atoms with Crippen molar-refractivity contribution in [2.24, 2.45) is 0 Å². The molecule has 0 bridgehead atoms. The van der Waals surface area contributed by atoms with Crippen LogP contribution in [0.25, 0.3) is 5.76 Å². The van der Waals surface area contributed by atoms with E-state index in [0.29, 0.717) is 67.0 Å². The summed E-state index contributed by atoms with van der Waals surface area (Å²) in [6, 6.07) is 11.2. The molecule has 1 N–H and O–H groups in total. The highest BCUT2D eigenvalue weighted by molar-refractivity contribution is 6.46. The molecule has 0 spiro atoms. The zero-order valence-electron chi connectivity index (χ0n) is 22.7. The summed E-state index contributed by atoms with van der Waals surface area (Å²) in [7, 11) is 0. The van der Waals surface area contributed by atoms with Crippen LogP contribution in [-0.4, -0.2) is 79.2 Å². The van der Waals surface area contributed by atoms with E-state index in [-0.39, 0.29) is 11.3 Å². The van der Waals surface area contributed by atoms with Crippen LogP contribution in [0, 0.1) is 0 Å². The fraction of sp³-hybridized carbons (Fsp3) is 0.467. The molecule has 1 atom stereocenters. The van der Waals surface area contributed by atoms with Gasteiger partial charge in [0.1, 0.15) is 5.76 Å². The lowest BCUT2D eigenvalue weighted by molar-refractivity contribution is -0.140. The molecule has 8 nitrogen and oxygen atoms in total. The number of nitrogens with zero attached hydrogens (tertiary/aromatic N) is 2. The number of halogens is 1. The minimum absolute atomic E-state index is 0.0517. The maximum atomic E-state index is 13.4. The van der Waals surface area contributed by atoms with E-state index in [1.165, 1.54) is 0 Å². The Hall–Kier alpha value is -3.07. The second-order valence-electron chi connectivity index (χ2n) is 9.65. The summed E-state index contributed by atoms with van der Waals surface area (Å²) in [5.41, 5.74) is 1.14. The molecule has 1 unspecified atom stereocenters. The fourth-order valence-electron chi connectivity index (χ4n) is 4.92. The third-order valence-corrected chi connectivity index (χ3v) is 7.23. The molecule has 9 heteroatoms. The topological polar surface area (TPSA) is 88.5 Å². The largest absolute Gasteiger partial charge is 0.507 e. The van der Waals surface area contributed by atoms with Crippen molar-refractivity contribution >= 4 is 29.1 Å². The van der Waals surface area contributed by atoms with Crippen molar-refractivity contribution in [2.45, 2.75) is 39.2 Å². The van der Waals surface area contributed by atoms with Crippen LogP contribution in [0.4, 0.5) is 0 Å². The van der Waals surface area contributed by atoms with Crippen molar-refractivity contribution in [3.8, 4) is 11.5 Å². The van der Waals surface area contributed by atoms with E-state index in [1.54, 1.807) is 29.2 Å². The number of rotatable bonds is 12. The molecule has 0 saturated carbocycles. The van der Waals surface area contributed by atoms with Crippen LogP contribution in [0.15, 0.2) is 48.0 Å². The van der Waals surface area contributed by atoms with E-state index in [1.807, 2.05) is 25.1 Å². The fourth-order valence-corrected chi connectivity index (χ4v) is 5.04. The summed E-state index contributed by atoms with van der Waals surface area (Å²) in [6.45, 7) is 9.19. The number of aliphatic hydroxyl groups is 1. The molecule has 4 rings (SSSR count). The Bertz CT molecular complexity index is 1180. The van der Waals surface area contributed by atoms with Gasteiger partial charge in [0.15, 0.2) is 11.5 Å². The summed E-state index contributed by atoms with van der Waals surface area (Å²) in [5, 5.41) is 11.8. The number of carbonyl (C=O) groups excluding carboxylic acids is 2. The van der Waals surface area contributed by atoms with Crippen LogP contribution in [0.3, 0.4) is 0 Å². The van der Waals surface area contributed by atoms with Crippen LogP contribution < -0.4 is 9.47 Å². The van der Waals surface area contributed by atoms with Gasteiger partial charge in [-0.05, 0) is 61.7 Å². The van der Waals surface area contributed by atoms with E-state index in [2.05, 4.69) is 11.8 Å². The third-order valence-electron chi connectivity index (χ3n) is 6.97. The Labute approximate surface area is 235 Å². The lowest BCUT2D eigenvalue weighted by Gasteiger charge is -2.29. The highest BCUT2D eigenvalue weighted by Crippen LogP contribution is 2.42. The van der Waals surface area contributed by atoms with Gasteiger partial charge in [-0.1, -0.05) is 31.0 Å². The molecule has 2 aromatic rings. The van der Waals surface area contributed by atoms with Crippen molar-refractivity contribution in [2.75, 3.05) is 52.6 Å². The smallest absolute Gasteiger partial charge is 0.295 e. The number of aliphatic hydroxyl groups excluding tert-OH is 1. The van der Waals surface area contributed by atoms with Gasteiger partial charge < -0.3 is 24.2 Å². The average molecular weight is 557 g/mol. The standard InChI is InChI=1S/C30H37ClN2O6/c1-3-5-17-39-24-12-9-22(20-25(24)38-4-2)27-26(28(34)21-7-10-23(31)11-8-21)29(35)30(36)33(27)14-6-13-32-15-18-37-19-16-32/h7-12,20,27,34H,3-6,13-19H2,1-2H3/b28-26+. The molecule has 2 aromatic carbocycles. The molecule has 2 aliphatic rings. The SMILES string of the molecule is CCCCOc1ccc(C2/C(=C(\O)c3ccc(Cl)cc3)C(=O)C(=O)N2CCCN2CCOCC2)cc1OCC. The number of ketones is 1. The Morgan fingerprint density at radius 1 is 1.00 bits per heavy atom. The van der Waals surface area contributed by atoms with Crippen LogP contribution >= 0.6 is 11.6 Å². The molecule has 2 fully saturated rings. The predicted molar refractivity (Wildman–Crippen MR) is 150 cm³/mol. The summed E-state index contributed by atoms with van der Waals surface area (Å²) < 4.78 is 17.3. The maximum Gasteiger partial charge on any atom is 0.295 e. The Balaban J connectivity index is 1.70. The molecule has 0 aliphatic carbocycles. The lowest BCUT2D eigenvalue weighted by Crippen LogP contribution is -2.39. The molecule has 0 aromatic heterocycles. The van der Waals surface area contributed by atoms with Crippen molar-refractivity contribution < 1.29 is 28.9 Å². The summed E-state index contributed by atoms with van der Waals surface area (Å²) in [6.07, 6.45) is 2.60. The number of amides is 1. The normalized spacial score (nSPS) is 19.5. The highest BCUT2D eigenvalue weighted by Gasteiger charge is 2.46. The number of unbranched alkanes of at least 4 members (excludes halogenated alkanes) is 1. The van der Waals surface area contributed by atoms with Gasteiger partial charge >= 0.3 is 0 Å². The van der Waals surface area contributed by atoms with Gasteiger partial charge in [-0.2, -0.15) is 0 Å². The van der Waals surface area contributed by atoms with Crippen molar-refractivity contribution in [1.82, 2.24) is 9.80 Å². The number of ether oxygens (including phenoxy) is 3. The minimum atomic E-state index is -0.769. The summed E-state index contributed by atoms with van der Waals surface area (Å²) in [5.74, 6) is -0.418. The van der Waals surface area contributed by atoms with Gasteiger partial charge in [0, 0.05) is 36.8 Å². The average Bonchev–Trinajstić information content (AvgIpc) is 3.20. The first-order valence-electron chi connectivity index (χ1n) is 13.7. The van der Waals surface area contributed by atoms with Gasteiger partial charge in [0.25, 0.3) is 11.7 Å². The molecule has 210 valence electrons. The van der Waals surface area contributed by atoms with Gasteiger partial charge in [-0.3, -0.25) is 14.5 Å². The van der Waals surface area contributed by atoms with Gasteiger partial charge in [-0.15, -0.1) is 0 Å². The zero-order valence-corrected chi connectivity index (χ0v) is 23.4. The zero-order chi connectivity index (χ0) is 27.8. The first-order chi connectivity index (χ1) is 18.9. The number of hydrogen-bond donors (Lipinski definition) is 1. The van der Waals surface area contributed by atoms with E-state index in [9.17, 15) is 14.7 Å². The van der Waals surface area contributed by atoms with Crippen LogP contribution in [-0.2, 0) is 14.3 Å². The van der Waals surface area contributed by atoms with Crippen LogP contribution in [0.1, 0.15) is 50.3 Å². The molecule has 1 amide bonds. The Kier molecular flexibility index (Phi) is 10.3. The van der Waals surface area contributed by atoms with Gasteiger partial charge in [-0.25, -0.2) is 0 Å². The predicted octanol–water partition coefficient (Wildman–Crippen LogP) is 5.06. The van der Waals surface area contributed by atoms with Gasteiger partial charge in [0.05, 0.1) is 38.0 Å². The first-order valence-corrected chi connectivity index (χ1v) is 14.1. The Morgan fingerprint density at radius 2 is 1.74 bits per heavy atom. The number of likely N-dealkylation sites (tertiary alicyclic amines) is 1. The third kappa shape index (κ3) is 6.93. The molecule has 0 radical (unpaired) electrons. The summed E-state index contributed by atoms with van der Waals surface area (Å²) >= 11 is 6.04.